The van der Waals surface area contributed by atoms with E-state index in [0.29, 0.717) is 18.5 Å². The average Bonchev–Trinajstić information content (AvgIpc) is 3.02. The van der Waals surface area contributed by atoms with E-state index in [9.17, 15) is 9.59 Å². The summed E-state index contributed by atoms with van der Waals surface area (Å²) < 4.78 is 5.58. The minimum Gasteiger partial charge on any atom is -0.469 e. The molecule has 1 aromatic heterocycles. The molecule has 0 bridgehead atoms. The summed E-state index contributed by atoms with van der Waals surface area (Å²) in [6.45, 7) is 0. The highest BCUT2D eigenvalue weighted by Crippen LogP contribution is 2.35. The van der Waals surface area contributed by atoms with E-state index in [-0.39, 0.29) is 11.9 Å². The average molecular weight is 425 g/mol. The molecule has 7 heteroatoms. The van der Waals surface area contributed by atoms with Crippen molar-refractivity contribution >= 4 is 55.5 Å². The summed E-state index contributed by atoms with van der Waals surface area (Å²) in [5.41, 5.74) is 7.20. The van der Waals surface area contributed by atoms with E-state index < -0.39 is 0 Å². The van der Waals surface area contributed by atoms with Crippen LogP contribution in [0.3, 0.4) is 0 Å². The van der Waals surface area contributed by atoms with Crippen LogP contribution in [-0.2, 0) is 14.3 Å². The maximum absolute atomic E-state index is 12.8. The normalized spacial score (nSPS) is 10.5. The number of nitrogens with two attached hydrogens (primary N) is 1. The molecule has 0 aliphatic rings. The third-order valence-electron chi connectivity index (χ3n) is 3.68. The molecule has 2 N–H and O–H groups in total. The monoisotopic (exact) mass is 424 g/mol. The minimum atomic E-state index is -0.210. The molecule has 25 heavy (non-hydrogen) atoms. The van der Waals surface area contributed by atoms with Gasteiger partial charge in [-0.1, -0.05) is 6.42 Å². The molecule has 5 nitrogen and oxygen atoms in total. The zero-order chi connectivity index (χ0) is 18.2. The van der Waals surface area contributed by atoms with Crippen LogP contribution in [-0.4, -0.2) is 19.0 Å². The maximum atomic E-state index is 12.8. The molecule has 0 atom stereocenters. The number of esters is 1. The van der Waals surface area contributed by atoms with Crippen molar-refractivity contribution in [1.29, 1.82) is 0 Å². The van der Waals surface area contributed by atoms with Crippen LogP contribution in [0.4, 0.5) is 16.4 Å². The standard InChI is InChI=1S/C18H21BrN2O3S/c1-24-18(23)6-4-2-3-5-16(22)21(17-12-11-15(19)25-17)14-9-7-13(20)8-10-14/h7-12H,2-6,20H2,1H3. The van der Waals surface area contributed by atoms with Gasteiger partial charge in [-0.05, 0) is 65.2 Å². The Hall–Kier alpha value is -1.86. The highest BCUT2D eigenvalue weighted by atomic mass is 79.9. The van der Waals surface area contributed by atoms with E-state index >= 15 is 0 Å². The van der Waals surface area contributed by atoms with Crippen LogP contribution in [0, 0.1) is 0 Å². The van der Waals surface area contributed by atoms with Gasteiger partial charge >= 0.3 is 5.97 Å². The zero-order valence-electron chi connectivity index (χ0n) is 14.0. The number of amides is 1. The Kier molecular flexibility index (Phi) is 7.46. The van der Waals surface area contributed by atoms with E-state index in [0.717, 1.165) is 33.7 Å². The van der Waals surface area contributed by atoms with Crippen LogP contribution >= 0.6 is 27.3 Å². The largest absolute Gasteiger partial charge is 0.469 e. The van der Waals surface area contributed by atoms with Crippen LogP contribution in [0.15, 0.2) is 40.2 Å². The fourth-order valence-electron chi connectivity index (χ4n) is 2.38. The number of thiophene rings is 1. The van der Waals surface area contributed by atoms with Gasteiger partial charge in [0.1, 0.15) is 5.00 Å². The molecule has 0 spiro atoms. The second kappa shape index (κ2) is 9.58. The number of hydrogen-bond donors (Lipinski definition) is 1. The smallest absolute Gasteiger partial charge is 0.305 e. The summed E-state index contributed by atoms with van der Waals surface area (Å²) in [5.74, 6) is -0.185. The molecule has 0 aliphatic carbocycles. The van der Waals surface area contributed by atoms with Crippen LogP contribution < -0.4 is 10.6 Å². The van der Waals surface area contributed by atoms with Crippen molar-refractivity contribution in [2.75, 3.05) is 17.7 Å². The molecule has 0 aliphatic heterocycles. The number of carbonyl (C=O) groups is 2. The zero-order valence-corrected chi connectivity index (χ0v) is 16.4. The van der Waals surface area contributed by atoms with Gasteiger partial charge in [-0.3, -0.25) is 14.5 Å². The quantitative estimate of drug-likeness (QED) is 0.372. The molecule has 0 saturated heterocycles. The number of unbranched alkanes of at least 4 members (excludes halogenated alkanes) is 2. The SMILES string of the molecule is COC(=O)CCCCCC(=O)N(c1ccc(N)cc1)c1ccc(Br)s1. The van der Waals surface area contributed by atoms with Gasteiger partial charge in [-0.15, -0.1) is 11.3 Å². The molecule has 1 heterocycles. The molecule has 2 aromatic rings. The van der Waals surface area contributed by atoms with Gasteiger partial charge in [0.15, 0.2) is 0 Å². The van der Waals surface area contributed by atoms with Crippen LogP contribution in [0.5, 0.6) is 0 Å². The second-order valence-electron chi connectivity index (χ2n) is 5.54. The van der Waals surface area contributed by atoms with Crippen LogP contribution in [0.2, 0.25) is 0 Å². The lowest BCUT2D eigenvalue weighted by Crippen LogP contribution is -2.24. The van der Waals surface area contributed by atoms with Crippen LogP contribution in [0.25, 0.3) is 0 Å². The summed E-state index contributed by atoms with van der Waals surface area (Å²) in [7, 11) is 1.38. The Morgan fingerprint density at radius 2 is 1.76 bits per heavy atom. The first-order valence-corrected chi connectivity index (χ1v) is 9.63. The lowest BCUT2D eigenvalue weighted by atomic mass is 10.1. The summed E-state index contributed by atoms with van der Waals surface area (Å²) in [6, 6.07) is 11.1. The number of benzene rings is 1. The number of nitrogen functional groups attached to an aromatic ring is 1. The van der Waals surface area contributed by atoms with Gasteiger partial charge in [0, 0.05) is 24.2 Å². The number of halogens is 1. The molecular weight excluding hydrogens is 404 g/mol. The number of methoxy groups -OCH3 is 1. The lowest BCUT2D eigenvalue weighted by molar-refractivity contribution is -0.140. The van der Waals surface area contributed by atoms with Gasteiger partial charge in [0.2, 0.25) is 5.91 Å². The summed E-state index contributed by atoms with van der Waals surface area (Å²) in [6.07, 6.45) is 3.08. The summed E-state index contributed by atoms with van der Waals surface area (Å²) in [4.78, 5) is 25.6. The summed E-state index contributed by atoms with van der Waals surface area (Å²) in [5, 5.41) is 0.858. The Morgan fingerprint density at radius 1 is 1.08 bits per heavy atom. The number of carbonyl (C=O) groups excluding carboxylic acids is 2. The van der Waals surface area contributed by atoms with Crippen molar-refractivity contribution in [3.05, 3.63) is 40.2 Å². The van der Waals surface area contributed by atoms with E-state index in [2.05, 4.69) is 20.7 Å². The van der Waals surface area contributed by atoms with Gasteiger partial charge in [-0.25, -0.2) is 0 Å². The van der Waals surface area contributed by atoms with Crippen molar-refractivity contribution in [2.45, 2.75) is 32.1 Å². The first-order valence-electron chi connectivity index (χ1n) is 8.02. The number of rotatable bonds is 8. The minimum absolute atomic E-state index is 0.0252. The second-order valence-corrected chi connectivity index (χ2v) is 7.98. The molecule has 0 radical (unpaired) electrons. The van der Waals surface area contributed by atoms with Gasteiger partial charge in [-0.2, -0.15) is 0 Å². The van der Waals surface area contributed by atoms with Gasteiger partial charge < -0.3 is 10.5 Å². The fourth-order valence-corrected chi connectivity index (χ4v) is 3.78. The summed E-state index contributed by atoms with van der Waals surface area (Å²) >= 11 is 4.95. The van der Waals surface area contributed by atoms with Crippen molar-refractivity contribution in [3.8, 4) is 0 Å². The Balaban J connectivity index is 2.01. The number of anilines is 3. The van der Waals surface area contributed by atoms with Crippen molar-refractivity contribution < 1.29 is 14.3 Å². The lowest BCUT2D eigenvalue weighted by Gasteiger charge is -2.21. The van der Waals surface area contributed by atoms with E-state index in [1.807, 2.05) is 24.3 Å². The first kappa shape index (κ1) is 19.5. The molecule has 2 rings (SSSR count). The molecule has 1 aromatic carbocycles. The third-order valence-corrected chi connectivity index (χ3v) is 5.29. The predicted molar refractivity (Wildman–Crippen MR) is 105 cm³/mol. The Bertz CT molecular complexity index is 715. The number of hydrogen-bond acceptors (Lipinski definition) is 5. The predicted octanol–water partition coefficient (Wildman–Crippen LogP) is 4.88. The van der Waals surface area contributed by atoms with E-state index in [1.54, 1.807) is 17.0 Å². The highest BCUT2D eigenvalue weighted by Gasteiger charge is 2.19. The molecule has 0 unspecified atom stereocenters. The Morgan fingerprint density at radius 3 is 2.36 bits per heavy atom. The van der Waals surface area contributed by atoms with Crippen molar-refractivity contribution in [3.63, 3.8) is 0 Å². The van der Waals surface area contributed by atoms with Gasteiger partial charge in [0.25, 0.3) is 0 Å². The molecule has 0 saturated carbocycles. The van der Waals surface area contributed by atoms with Crippen molar-refractivity contribution in [2.24, 2.45) is 0 Å². The molecule has 1 amide bonds. The highest BCUT2D eigenvalue weighted by molar-refractivity contribution is 9.11. The third kappa shape index (κ3) is 5.86. The Labute approximate surface area is 159 Å². The number of ether oxygens (including phenoxy) is 1. The molecule has 134 valence electrons. The maximum Gasteiger partial charge on any atom is 0.305 e. The van der Waals surface area contributed by atoms with Crippen molar-refractivity contribution in [1.82, 2.24) is 0 Å². The van der Waals surface area contributed by atoms with E-state index in [4.69, 9.17) is 5.73 Å². The van der Waals surface area contributed by atoms with E-state index in [1.165, 1.54) is 18.4 Å². The number of nitrogens with zero attached hydrogens (tertiary/aromatic N) is 1. The topological polar surface area (TPSA) is 72.6 Å². The molecular formula is C18H21BrN2O3S. The fraction of sp³-hybridized carbons (Fsp3) is 0.333. The van der Waals surface area contributed by atoms with Crippen LogP contribution in [0.1, 0.15) is 32.1 Å². The first-order chi connectivity index (χ1) is 12.0. The molecule has 0 fully saturated rings. The van der Waals surface area contributed by atoms with Gasteiger partial charge in [0.05, 0.1) is 10.9 Å².